The molecule has 0 saturated heterocycles. The Labute approximate surface area is 104 Å². The fourth-order valence-corrected chi connectivity index (χ4v) is 1.19. The molecule has 0 heterocycles. The first-order chi connectivity index (χ1) is 8.13. The number of esters is 2. The number of carbonyl (C=O) groups is 2. The van der Waals surface area contributed by atoms with Crippen molar-refractivity contribution >= 4 is 23.5 Å². The van der Waals surface area contributed by atoms with Crippen LogP contribution >= 0.6 is 11.6 Å². The Morgan fingerprint density at radius 3 is 2.71 bits per heavy atom. The summed E-state index contributed by atoms with van der Waals surface area (Å²) in [6, 6.07) is 7.19. The fraction of sp³-hybridized carbons (Fsp3) is 0.333. The molecule has 0 saturated carbocycles. The first kappa shape index (κ1) is 13.5. The van der Waals surface area contributed by atoms with E-state index in [1.165, 1.54) is 12.1 Å². The molecular formula is C12H12ClO4. The molecule has 1 aromatic rings. The maximum atomic E-state index is 11.5. The van der Waals surface area contributed by atoms with Crippen LogP contribution in [0.1, 0.15) is 23.7 Å². The fourth-order valence-electron chi connectivity index (χ4n) is 1.08. The van der Waals surface area contributed by atoms with Gasteiger partial charge in [0, 0.05) is 11.1 Å². The van der Waals surface area contributed by atoms with E-state index >= 15 is 0 Å². The highest BCUT2D eigenvalue weighted by Crippen LogP contribution is 2.09. The maximum absolute atomic E-state index is 11.5. The van der Waals surface area contributed by atoms with Crippen molar-refractivity contribution in [2.45, 2.75) is 13.3 Å². The molecule has 0 aliphatic rings. The second-order valence-electron chi connectivity index (χ2n) is 3.12. The molecule has 4 nitrogen and oxygen atoms in total. The van der Waals surface area contributed by atoms with E-state index < -0.39 is 5.97 Å². The molecule has 0 bridgehead atoms. The Bertz CT molecular complexity index is 386. The maximum Gasteiger partial charge on any atom is 0.338 e. The lowest BCUT2D eigenvalue weighted by Gasteiger charge is -2.04. The monoisotopic (exact) mass is 255 g/mol. The van der Waals surface area contributed by atoms with Crippen molar-refractivity contribution in [2.75, 3.05) is 13.2 Å². The molecule has 0 atom stereocenters. The largest absolute Gasteiger partial charge is 0.466 e. The standard InChI is InChI=1S/C12H12ClO4/c1-2-16-11(14)7-8-17-12(15)9-3-5-10(13)6-4-9/h3-5H,2,7-8H2,1H3. The Morgan fingerprint density at radius 1 is 1.35 bits per heavy atom. The number of hydrogen-bond donors (Lipinski definition) is 0. The van der Waals surface area contributed by atoms with Crippen LogP contribution in [-0.2, 0) is 14.3 Å². The molecule has 1 rings (SSSR count). The van der Waals surface area contributed by atoms with E-state index in [0.717, 1.165) is 0 Å². The van der Waals surface area contributed by atoms with Gasteiger partial charge in [-0.3, -0.25) is 4.79 Å². The van der Waals surface area contributed by atoms with Gasteiger partial charge in [0.1, 0.15) is 6.61 Å². The SMILES string of the molecule is CCOC(=O)CCOC(=O)c1c[c]c(Cl)cc1. The number of benzene rings is 1. The lowest BCUT2D eigenvalue weighted by molar-refractivity contribution is -0.143. The van der Waals surface area contributed by atoms with Crippen molar-refractivity contribution in [1.82, 2.24) is 0 Å². The van der Waals surface area contributed by atoms with Crippen LogP contribution in [0.15, 0.2) is 18.2 Å². The predicted octanol–water partition coefficient (Wildman–Crippen LogP) is 2.25. The zero-order chi connectivity index (χ0) is 12.7. The first-order valence-corrected chi connectivity index (χ1v) is 5.51. The minimum atomic E-state index is -0.512. The van der Waals surface area contributed by atoms with Gasteiger partial charge in [0.2, 0.25) is 0 Å². The summed E-state index contributed by atoms with van der Waals surface area (Å²) in [4.78, 5) is 22.4. The van der Waals surface area contributed by atoms with Crippen molar-refractivity contribution < 1.29 is 19.1 Å². The quantitative estimate of drug-likeness (QED) is 0.758. The summed E-state index contributed by atoms with van der Waals surface area (Å²) in [5.41, 5.74) is 0.346. The number of hydrogen-bond acceptors (Lipinski definition) is 4. The Balaban J connectivity index is 2.35. The van der Waals surface area contributed by atoms with Crippen LogP contribution in [-0.4, -0.2) is 25.2 Å². The molecule has 0 unspecified atom stereocenters. The van der Waals surface area contributed by atoms with Gasteiger partial charge >= 0.3 is 11.9 Å². The van der Waals surface area contributed by atoms with Crippen LogP contribution in [0.3, 0.4) is 0 Å². The van der Waals surface area contributed by atoms with Crippen LogP contribution in [0, 0.1) is 6.07 Å². The van der Waals surface area contributed by atoms with Gasteiger partial charge in [-0.05, 0) is 25.1 Å². The van der Waals surface area contributed by atoms with Crippen molar-refractivity contribution in [2.24, 2.45) is 0 Å². The van der Waals surface area contributed by atoms with Crippen molar-refractivity contribution in [3.05, 3.63) is 34.9 Å². The summed E-state index contributed by atoms with van der Waals surface area (Å²) in [6.07, 6.45) is 0.0525. The van der Waals surface area contributed by atoms with Gasteiger partial charge in [0.15, 0.2) is 0 Å². The molecule has 0 aliphatic carbocycles. The van der Waals surface area contributed by atoms with Crippen molar-refractivity contribution in [1.29, 1.82) is 0 Å². The Hall–Kier alpha value is -1.55. The molecule has 5 heteroatoms. The minimum Gasteiger partial charge on any atom is -0.466 e. The second kappa shape index (κ2) is 6.91. The third kappa shape index (κ3) is 4.87. The van der Waals surface area contributed by atoms with E-state index in [0.29, 0.717) is 17.2 Å². The zero-order valence-electron chi connectivity index (χ0n) is 9.36. The van der Waals surface area contributed by atoms with Crippen LogP contribution in [0.25, 0.3) is 0 Å². The molecule has 91 valence electrons. The van der Waals surface area contributed by atoms with Gasteiger partial charge in [-0.2, -0.15) is 0 Å². The van der Waals surface area contributed by atoms with Crippen LogP contribution < -0.4 is 0 Å². The van der Waals surface area contributed by atoms with E-state index in [2.05, 4.69) is 6.07 Å². The smallest absolute Gasteiger partial charge is 0.338 e. The molecule has 17 heavy (non-hydrogen) atoms. The third-order valence-electron chi connectivity index (χ3n) is 1.86. The van der Waals surface area contributed by atoms with E-state index in [9.17, 15) is 9.59 Å². The summed E-state index contributed by atoms with van der Waals surface area (Å²) < 4.78 is 9.57. The van der Waals surface area contributed by atoms with E-state index in [4.69, 9.17) is 21.1 Å². The second-order valence-corrected chi connectivity index (χ2v) is 3.52. The summed E-state index contributed by atoms with van der Waals surface area (Å²) >= 11 is 5.63. The van der Waals surface area contributed by atoms with Crippen molar-refractivity contribution in [3.8, 4) is 0 Å². The summed E-state index contributed by atoms with van der Waals surface area (Å²) in [5, 5.41) is 0.424. The van der Waals surface area contributed by atoms with Crippen molar-refractivity contribution in [3.63, 3.8) is 0 Å². The summed E-state index contributed by atoms with van der Waals surface area (Å²) in [6.45, 7) is 2.03. The Morgan fingerprint density at radius 2 is 2.12 bits per heavy atom. The highest BCUT2D eigenvalue weighted by atomic mass is 35.5. The number of carbonyl (C=O) groups excluding carboxylic acids is 2. The summed E-state index contributed by atoms with van der Waals surface area (Å²) in [5.74, 6) is -0.898. The number of ether oxygens (including phenoxy) is 2. The average molecular weight is 256 g/mol. The molecule has 1 radical (unpaired) electrons. The van der Waals surface area contributed by atoms with Crippen LogP contribution in [0.2, 0.25) is 5.02 Å². The van der Waals surface area contributed by atoms with Gasteiger partial charge in [-0.25, -0.2) is 4.79 Å². The molecule has 1 aromatic carbocycles. The number of halogens is 1. The van der Waals surface area contributed by atoms with Crippen LogP contribution in [0.5, 0.6) is 0 Å². The van der Waals surface area contributed by atoms with E-state index in [1.54, 1.807) is 13.0 Å². The van der Waals surface area contributed by atoms with Gasteiger partial charge in [0.05, 0.1) is 18.6 Å². The highest BCUT2D eigenvalue weighted by Gasteiger charge is 2.08. The molecular weight excluding hydrogens is 244 g/mol. The minimum absolute atomic E-state index is 0.000291. The molecule has 0 aliphatic heterocycles. The molecule has 0 aromatic heterocycles. The lowest BCUT2D eigenvalue weighted by Crippen LogP contribution is -2.12. The normalized spacial score (nSPS) is 9.76. The third-order valence-corrected chi connectivity index (χ3v) is 2.09. The molecule has 0 N–H and O–H groups in total. The van der Waals surface area contributed by atoms with Crippen LogP contribution in [0.4, 0.5) is 0 Å². The predicted molar refractivity (Wildman–Crippen MR) is 61.8 cm³/mol. The van der Waals surface area contributed by atoms with Gasteiger partial charge in [0.25, 0.3) is 0 Å². The molecule has 0 fully saturated rings. The summed E-state index contributed by atoms with van der Waals surface area (Å²) in [7, 11) is 0. The van der Waals surface area contributed by atoms with Gasteiger partial charge < -0.3 is 9.47 Å². The lowest BCUT2D eigenvalue weighted by atomic mass is 10.2. The van der Waals surface area contributed by atoms with E-state index in [-0.39, 0.29) is 19.0 Å². The van der Waals surface area contributed by atoms with E-state index in [1.807, 2.05) is 0 Å². The van der Waals surface area contributed by atoms with Gasteiger partial charge in [-0.15, -0.1) is 0 Å². The highest BCUT2D eigenvalue weighted by molar-refractivity contribution is 6.30. The first-order valence-electron chi connectivity index (χ1n) is 5.13. The molecule has 0 spiro atoms. The van der Waals surface area contributed by atoms with Gasteiger partial charge in [-0.1, -0.05) is 11.6 Å². The Kier molecular flexibility index (Phi) is 5.49. The molecule has 0 amide bonds. The topological polar surface area (TPSA) is 52.6 Å². The zero-order valence-corrected chi connectivity index (χ0v) is 10.1. The number of rotatable bonds is 5. The average Bonchev–Trinajstić information content (AvgIpc) is 2.30.